The van der Waals surface area contributed by atoms with Crippen LogP contribution in [0.3, 0.4) is 0 Å². The first-order chi connectivity index (χ1) is 11.7. The molecule has 0 saturated carbocycles. The smallest absolute Gasteiger partial charge is 0.358 e. The van der Waals surface area contributed by atoms with Crippen LogP contribution in [0, 0.1) is 0 Å². The average molecular weight is 360 g/mol. The van der Waals surface area contributed by atoms with Gasteiger partial charge in [0.15, 0.2) is 0 Å². The molecular weight excluding hydrogens is 341 g/mol. The first kappa shape index (κ1) is 19.0. The van der Waals surface area contributed by atoms with Crippen LogP contribution in [0.15, 0.2) is 23.1 Å². The van der Waals surface area contributed by atoms with Gasteiger partial charge in [0.2, 0.25) is 11.8 Å². The second kappa shape index (κ2) is 7.68. The summed E-state index contributed by atoms with van der Waals surface area (Å²) in [6, 6.07) is 1.79. The molecular formula is C15H19F3N4O3. The van der Waals surface area contributed by atoms with Crippen molar-refractivity contribution in [3.63, 3.8) is 0 Å². The SMILES string of the molecule is CNC(=O)CN1CCN(C(=O)Cn2cccc(C(F)(F)F)c2=O)CC1. The zero-order valence-electron chi connectivity index (χ0n) is 13.7. The van der Waals surface area contributed by atoms with Crippen molar-refractivity contribution >= 4 is 11.8 Å². The van der Waals surface area contributed by atoms with Gasteiger partial charge in [-0.05, 0) is 12.1 Å². The maximum Gasteiger partial charge on any atom is 0.421 e. The number of hydrogen-bond donors (Lipinski definition) is 1. The lowest BCUT2D eigenvalue weighted by Gasteiger charge is -2.34. The number of alkyl halides is 3. The fraction of sp³-hybridized carbons (Fsp3) is 0.533. The van der Waals surface area contributed by atoms with Crippen molar-refractivity contribution in [3.05, 3.63) is 34.2 Å². The molecule has 10 heteroatoms. The number of amides is 2. The summed E-state index contributed by atoms with van der Waals surface area (Å²) in [6.45, 7) is 1.45. The minimum atomic E-state index is -4.76. The molecule has 1 saturated heterocycles. The highest BCUT2D eigenvalue weighted by molar-refractivity contribution is 5.78. The molecule has 1 fully saturated rings. The molecule has 2 rings (SSSR count). The highest BCUT2D eigenvalue weighted by atomic mass is 19.4. The maximum atomic E-state index is 12.8. The van der Waals surface area contributed by atoms with Crippen LogP contribution in [-0.4, -0.2) is 66.0 Å². The van der Waals surface area contributed by atoms with Crippen LogP contribution in [0.4, 0.5) is 13.2 Å². The molecule has 0 unspecified atom stereocenters. The first-order valence-electron chi connectivity index (χ1n) is 7.69. The molecule has 1 aromatic heterocycles. The number of hydrogen-bond acceptors (Lipinski definition) is 4. The van der Waals surface area contributed by atoms with Gasteiger partial charge in [0.25, 0.3) is 5.56 Å². The number of carbonyl (C=O) groups excluding carboxylic acids is 2. The van der Waals surface area contributed by atoms with E-state index in [0.29, 0.717) is 32.2 Å². The summed E-state index contributed by atoms with van der Waals surface area (Å²) in [5.41, 5.74) is -2.53. The van der Waals surface area contributed by atoms with Gasteiger partial charge in [0.1, 0.15) is 12.1 Å². The summed E-state index contributed by atoms with van der Waals surface area (Å²) in [5, 5.41) is 2.51. The Balaban J connectivity index is 1.98. The number of likely N-dealkylation sites (N-methyl/N-ethyl adjacent to an activating group) is 1. The normalized spacial score (nSPS) is 15.9. The number of carbonyl (C=O) groups is 2. The fourth-order valence-corrected chi connectivity index (χ4v) is 2.56. The monoisotopic (exact) mass is 360 g/mol. The predicted octanol–water partition coefficient (Wildman–Crippen LogP) is -0.243. The highest BCUT2D eigenvalue weighted by Crippen LogP contribution is 2.25. The third-order valence-electron chi connectivity index (χ3n) is 4.00. The number of aromatic nitrogens is 1. The van der Waals surface area contributed by atoms with E-state index in [1.807, 2.05) is 4.90 Å². The van der Waals surface area contributed by atoms with Crippen molar-refractivity contribution < 1.29 is 22.8 Å². The van der Waals surface area contributed by atoms with Crippen LogP contribution in [0.1, 0.15) is 5.56 Å². The fourth-order valence-electron chi connectivity index (χ4n) is 2.56. The molecule has 0 aliphatic carbocycles. The Kier molecular flexibility index (Phi) is 5.83. The van der Waals surface area contributed by atoms with E-state index < -0.39 is 29.8 Å². The lowest BCUT2D eigenvalue weighted by Crippen LogP contribution is -2.51. The van der Waals surface area contributed by atoms with Gasteiger partial charge in [-0.25, -0.2) is 0 Å². The molecule has 0 atom stereocenters. The molecule has 1 aliphatic heterocycles. The third-order valence-corrected chi connectivity index (χ3v) is 4.00. The van der Waals surface area contributed by atoms with Gasteiger partial charge in [-0.2, -0.15) is 13.2 Å². The Morgan fingerprint density at radius 1 is 1.16 bits per heavy atom. The van der Waals surface area contributed by atoms with Gasteiger partial charge >= 0.3 is 6.18 Å². The first-order valence-corrected chi connectivity index (χ1v) is 7.69. The Morgan fingerprint density at radius 2 is 1.80 bits per heavy atom. The summed E-state index contributed by atoms with van der Waals surface area (Å²) >= 11 is 0. The van der Waals surface area contributed by atoms with E-state index in [4.69, 9.17) is 0 Å². The molecule has 1 aliphatic rings. The van der Waals surface area contributed by atoms with Crippen LogP contribution in [-0.2, 0) is 22.3 Å². The summed E-state index contributed by atoms with van der Waals surface area (Å²) in [5.74, 6) is -0.559. The topological polar surface area (TPSA) is 74.7 Å². The molecule has 0 radical (unpaired) electrons. The minimum Gasteiger partial charge on any atom is -0.358 e. The van der Waals surface area contributed by atoms with Crippen LogP contribution < -0.4 is 10.9 Å². The van der Waals surface area contributed by atoms with E-state index in [1.54, 1.807) is 0 Å². The van der Waals surface area contributed by atoms with E-state index >= 15 is 0 Å². The predicted molar refractivity (Wildman–Crippen MR) is 82.8 cm³/mol. The second-order valence-corrected chi connectivity index (χ2v) is 5.68. The van der Waals surface area contributed by atoms with E-state index in [1.165, 1.54) is 11.9 Å². The summed E-state index contributed by atoms with van der Waals surface area (Å²) in [7, 11) is 1.54. The largest absolute Gasteiger partial charge is 0.421 e. The van der Waals surface area contributed by atoms with E-state index in [2.05, 4.69) is 5.32 Å². The standard InChI is InChI=1S/C15H19F3N4O3/c1-19-12(23)9-20-5-7-21(8-6-20)13(24)10-22-4-2-3-11(14(22)25)15(16,17)18/h2-4H,5-10H2,1H3,(H,19,23). The zero-order chi connectivity index (χ0) is 18.6. The van der Waals surface area contributed by atoms with Crippen molar-refractivity contribution in [2.75, 3.05) is 39.8 Å². The van der Waals surface area contributed by atoms with E-state index in [0.717, 1.165) is 16.8 Å². The minimum absolute atomic E-state index is 0.129. The van der Waals surface area contributed by atoms with Gasteiger partial charge in [0, 0.05) is 39.4 Å². The van der Waals surface area contributed by atoms with Crippen molar-refractivity contribution in [3.8, 4) is 0 Å². The van der Waals surface area contributed by atoms with Crippen LogP contribution in [0.25, 0.3) is 0 Å². The molecule has 7 nitrogen and oxygen atoms in total. The number of pyridine rings is 1. The van der Waals surface area contributed by atoms with Crippen molar-refractivity contribution in [1.29, 1.82) is 0 Å². The number of nitrogens with zero attached hydrogens (tertiary/aromatic N) is 3. The summed E-state index contributed by atoms with van der Waals surface area (Å²) < 4.78 is 39.0. The maximum absolute atomic E-state index is 12.8. The number of nitrogens with one attached hydrogen (secondary N) is 1. The number of piperazine rings is 1. The van der Waals surface area contributed by atoms with E-state index in [-0.39, 0.29) is 12.5 Å². The summed E-state index contributed by atoms with van der Waals surface area (Å²) in [6.07, 6.45) is -3.59. The quantitative estimate of drug-likeness (QED) is 0.804. The molecule has 1 N–H and O–H groups in total. The Morgan fingerprint density at radius 3 is 2.36 bits per heavy atom. The molecule has 25 heavy (non-hydrogen) atoms. The lowest BCUT2D eigenvalue weighted by molar-refractivity contribution is -0.140. The Hall–Kier alpha value is -2.36. The van der Waals surface area contributed by atoms with Crippen molar-refractivity contribution in [2.24, 2.45) is 0 Å². The molecule has 0 bridgehead atoms. The third kappa shape index (κ3) is 4.81. The van der Waals surface area contributed by atoms with Gasteiger partial charge < -0.3 is 14.8 Å². The Labute approximate surface area is 142 Å². The highest BCUT2D eigenvalue weighted by Gasteiger charge is 2.34. The van der Waals surface area contributed by atoms with Crippen molar-refractivity contribution in [2.45, 2.75) is 12.7 Å². The second-order valence-electron chi connectivity index (χ2n) is 5.68. The van der Waals surface area contributed by atoms with Gasteiger partial charge in [-0.1, -0.05) is 0 Å². The van der Waals surface area contributed by atoms with Crippen LogP contribution >= 0.6 is 0 Å². The molecule has 2 amide bonds. The van der Waals surface area contributed by atoms with Crippen molar-refractivity contribution in [1.82, 2.24) is 19.7 Å². The van der Waals surface area contributed by atoms with Crippen LogP contribution in [0.2, 0.25) is 0 Å². The number of rotatable bonds is 4. The lowest BCUT2D eigenvalue weighted by atomic mass is 10.2. The molecule has 138 valence electrons. The summed E-state index contributed by atoms with van der Waals surface area (Å²) in [4.78, 5) is 38.8. The average Bonchev–Trinajstić information content (AvgIpc) is 2.56. The zero-order valence-corrected chi connectivity index (χ0v) is 13.7. The molecule has 0 spiro atoms. The molecule has 2 heterocycles. The van der Waals surface area contributed by atoms with E-state index in [9.17, 15) is 27.6 Å². The van der Waals surface area contributed by atoms with Gasteiger partial charge in [0.05, 0.1) is 6.54 Å². The Bertz CT molecular complexity index is 694. The van der Waals surface area contributed by atoms with Gasteiger partial charge in [-0.15, -0.1) is 0 Å². The molecule has 1 aromatic rings. The van der Waals surface area contributed by atoms with Crippen LogP contribution in [0.5, 0.6) is 0 Å². The van der Waals surface area contributed by atoms with Gasteiger partial charge in [-0.3, -0.25) is 19.3 Å². The number of halogens is 3. The molecule has 0 aromatic carbocycles.